The third-order valence-corrected chi connectivity index (χ3v) is 4.66. The Hall–Kier alpha value is -1.72. The topological polar surface area (TPSA) is 66.4 Å². The van der Waals surface area contributed by atoms with E-state index in [2.05, 4.69) is 4.72 Å². The first-order valence-corrected chi connectivity index (χ1v) is 7.74. The molecule has 0 radical (unpaired) electrons. The Balaban J connectivity index is 2.38. The van der Waals surface area contributed by atoms with Crippen LogP contribution in [0.2, 0.25) is 5.02 Å². The van der Waals surface area contributed by atoms with Crippen molar-refractivity contribution in [1.29, 1.82) is 0 Å². The summed E-state index contributed by atoms with van der Waals surface area (Å²) in [5.74, 6) is -0.0962. The van der Waals surface area contributed by atoms with Crippen molar-refractivity contribution in [3.63, 3.8) is 0 Å². The molecule has 0 atom stereocenters. The van der Waals surface area contributed by atoms with Crippen LogP contribution in [0, 0.1) is 13.8 Å². The smallest absolute Gasteiger partial charge is 0.262 e. The predicted molar refractivity (Wildman–Crippen MR) is 79.8 cm³/mol. The van der Waals surface area contributed by atoms with Gasteiger partial charge < -0.3 is 5.11 Å². The number of hydrogen-bond donors (Lipinski definition) is 2. The molecule has 4 nitrogen and oxygen atoms in total. The van der Waals surface area contributed by atoms with Gasteiger partial charge >= 0.3 is 0 Å². The number of halogens is 1. The number of sulfonamides is 1. The van der Waals surface area contributed by atoms with Gasteiger partial charge in [0.15, 0.2) is 0 Å². The zero-order valence-electron chi connectivity index (χ0n) is 11.0. The van der Waals surface area contributed by atoms with Gasteiger partial charge in [-0.2, -0.15) is 0 Å². The molecular formula is C14H14ClNO3S. The van der Waals surface area contributed by atoms with Crippen molar-refractivity contribution >= 4 is 27.3 Å². The molecule has 0 bridgehead atoms. The number of anilines is 1. The van der Waals surface area contributed by atoms with Gasteiger partial charge in [0.1, 0.15) is 5.75 Å². The number of rotatable bonds is 3. The van der Waals surface area contributed by atoms with Gasteiger partial charge in [-0.15, -0.1) is 0 Å². The predicted octanol–water partition coefficient (Wildman–Crippen LogP) is 3.46. The van der Waals surface area contributed by atoms with Crippen molar-refractivity contribution in [2.75, 3.05) is 4.72 Å². The molecule has 0 aliphatic rings. The van der Waals surface area contributed by atoms with Gasteiger partial charge in [0.25, 0.3) is 10.0 Å². The van der Waals surface area contributed by atoms with Crippen LogP contribution < -0.4 is 4.72 Å². The highest BCUT2D eigenvalue weighted by Crippen LogP contribution is 2.28. The average molecular weight is 312 g/mol. The first-order valence-electron chi connectivity index (χ1n) is 5.88. The van der Waals surface area contributed by atoms with E-state index < -0.39 is 10.0 Å². The summed E-state index contributed by atoms with van der Waals surface area (Å²) in [7, 11) is -3.68. The van der Waals surface area contributed by atoms with Crippen LogP contribution in [0.5, 0.6) is 5.75 Å². The summed E-state index contributed by atoms with van der Waals surface area (Å²) in [6.07, 6.45) is 0. The second-order valence-corrected chi connectivity index (χ2v) is 6.60. The summed E-state index contributed by atoms with van der Waals surface area (Å²) in [5.41, 5.74) is 1.96. The van der Waals surface area contributed by atoms with E-state index in [1.165, 1.54) is 18.2 Å². The summed E-state index contributed by atoms with van der Waals surface area (Å²) >= 11 is 5.76. The Morgan fingerprint density at radius 2 is 1.80 bits per heavy atom. The summed E-state index contributed by atoms with van der Waals surface area (Å²) in [6, 6.07) is 9.25. The van der Waals surface area contributed by atoms with Crippen LogP contribution >= 0.6 is 11.6 Å². The van der Waals surface area contributed by atoms with Crippen molar-refractivity contribution in [3.05, 3.63) is 52.5 Å². The van der Waals surface area contributed by atoms with Crippen LogP contribution in [-0.4, -0.2) is 13.5 Å². The highest BCUT2D eigenvalue weighted by Gasteiger charge is 2.17. The summed E-state index contributed by atoms with van der Waals surface area (Å²) in [5, 5.41) is 9.41. The van der Waals surface area contributed by atoms with Gasteiger partial charge in [-0.25, -0.2) is 8.42 Å². The zero-order chi connectivity index (χ0) is 14.9. The van der Waals surface area contributed by atoms with Gasteiger partial charge in [-0.1, -0.05) is 29.3 Å². The maximum Gasteiger partial charge on any atom is 0.262 e. The largest absolute Gasteiger partial charge is 0.506 e. The van der Waals surface area contributed by atoms with Gasteiger partial charge in [-0.3, -0.25) is 4.72 Å². The first kappa shape index (κ1) is 14.7. The molecule has 0 unspecified atom stereocenters. The fourth-order valence-electron chi connectivity index (χ4n) is 1.88. The quantitative estimate of drug-likeness (QED) is 0.853. The second-order valence-electron chi connectivity index (χ2n) is 4.54. The van der Waals surface area contributed by atoms with E-state index in [1.54, 1.807) is 25.1 Å². The minimum Gasteiger partial charge on any atom is -0.506 e. The maximum atomic E-state index is 12.3. The molecule has 0 saturated heterocycles. The van der Waals surface area contributed by atoms with Gasteiger partial charge in [0.05, 0.1) is 15.6 Å². The lowest BCUT2D eigenvalue weighted by molar-refractivity contribution is 0.475. The van der Waals surface area contributed by atoms with Crippen molar-refractivity contribution in [2.24, 2.45) is 0 Å². The molecule has 0 fully saturated rings. The molecule has 0 aliphatic heterocycles. The Bertz CT molecular complexity index is 757. The Kier molecular flexibility index (Phi) is 3.92. The summed E-state index contributed by atoms with van der Waals surface area (Å²) in [4.78, 5) is 0.215. The van der Waals surface area contributed by atoms with Gasteiger partial charge in [0, 0.05) is 0 Å². The number of phenols is 1. The van der Waals surface area contributed by atoms with Crippen molar-refractivity contribution in [2.45, 2.75) is 18.7 Å². The second kappa shape index (κ2) is 5.34. The monoisotopic (exact) mass is 311 g/mol. The lowest BCUT2D eigenvalue weighted by atomic mass is 10.2. The van der Waals surface area contributed by atoms with Crippen LogP contribution in [-0.2, 0) is 10.0 Å². The molecule has 0 aliphatic carbocycles. The van der Waals surface area contributed by atoms with E-state index in [-0.39, 0.29) is 15.7 Å². The average Bonchev–Trinajstić information content (AvgIpc) is 2.33. The maximum absolute atomic E-state index is 12.3. The van der Waals surface area contributed by atoms with E-state index in [0.29, 0.717) is 11.3 Å². The number of phenolic OH excluding ortho intramolecular Hbond substituents is 1. The van der Waals surface area contributed by atoms with E-state index in [0.717, 1.165) is 5.56 Å². The number of benzene rings is 2. The minimum absolute atomic E-state index is 0.0887. The Morgan fingerprint density at radius 3 is 2.40 bits per heavy atom. The minimum atomic E-state index is -3.68. The van der Waals surface area contributed by atoms with Crippen molar-refractivity contribution in [3.8, 4) is 5.75 Å². The highest BCUT2D eigenvalue weighted by atomic mass is 35.5. The molecule has 2 aromatic rings. The number of aryl methyl sites for hydroxylation is 2. The standard InChI is InChI=1S/C14H14ClNO3S/c1-9-3-6-14(10(2)7-9)20(18,19)16-11-4-5-13(17)12(15)8-11/h3-8,16-17H,1-2H3. The van der Waals surface area contributed by atoms with Crippen LogP contribution in [0.25, 0.3) is 0 Å². The molecule has 106 valence electrons. The van der Waals surface area contributed by atoms with E-state index >= 15 is 0 Å². The van der Waals surface area contributed by atoms with E-state index in [4.69, 9.17) is 11.6 Å². The van der Waals surface area contributed by atoms with E-state index in [9.17, 15) is 13.5 Å². The van der Waals surface area contributed by atoms with Crippen LogP contribution in [0.1, 0.15) is 11.1 Å². The van der Waals surface area contributed by atoms with Crippen molar-refractivity contribution in [1.82, 2.24) is 0 Å². The summed E-state index contributed by atoms with van der Waals surface area (Å²) in [6.45, 7) is 3.64. The molecule has 2 N–H and O–H groups in total. The molecule has 0 saturated carbocycles. The normalized spacial score (nSPS) is 11.3. The van der Waals surface area contributed by atoms with Gasteiger partial charge in [-0.05, 0) is 43.7 Å². The molecule has 0 spiro atoms. The van der Waals surface area contributed by atoms with Gasteiger partial charge in [0.2, 0.25) is 0 Å². The highest BCUT2D eigenvalue weighted by molar-refractivity contribution is 7.92. The lowest BCUT2D eigenvalue weighted by Gasteiger charge is -2.11. The number of hydrogen-bond acceptors (Lipinski definition) is 3. The third-order valence-electron chi connectivity index (χ3n) is 2.82. The molecule has 2 rings (SSSR count). The number of aromatic hydroxyl groups is 1. The SMILES string of the molecule is Cc1ccc(S(=O)(=O)Nc2ccc(O)c(Cl)c2)c(C)c1. The molecule has 0 heterocycles. The number of nitrogens with one attached hydrogen (secondary N) is 1. The molecule has 2 aromatic carbocycles. The third kappa shape index (κ3) is 3.05. The Morgan fingerprint density at radius 1 is 1.10 bits per heavy atom. The fourth-order valence-corrected chi connectivity index (χ4v) is 3.34. The van der Waals surface area contributed by atoms with Crippen LogP contribution in [0.4, 0.5) is 5.69 Å². The molecule has 0 aromatic heterocycles. The van der Waals surface area contributed by atoms with Crippen molar-refractivity contribution < 1.29 is 13.5 Å². The van der Waals surface area contributed by atoms with E-state index in [1.807, 2.05) is 6.92 Å². The molecule has 0 amide bonds. The molecular weight excluding hydrogens is 298 g/mol. The Labute approximate surface area is 123 Å². The molecule has 6 heteroatoms. The fraction of sp³-hybridized carbons (Fsp3) is 0.143. The summed E-state index contributed by atoms with van der Waals surface area (Å²) < 4.78 is 27.1. The van der Waals surface area contributed by atoms with Crippen LogP contribution in [0.3, 0.4) is 0 Å². The molecule has 20 heavy (non-hydrogen) atoms. The zero-order valence-corrected chi connectivity index (χ0v) is 12.6. The van der Waals surface area contributed by atoms with Crippen LogP contribution in [0.15, 0.2) is 41.3 Å². The lowest BCUT2D eigenvalue weighted by Crippen LogP contribution is -2.14. The first-order chi connectivity index (χ1) is 9.29.